The molecule has 0 bridgehead atoms. The minimum atomic E-state index is 0.0497. The van der Waals surface area contributed by atoms with Crippen molar-refractivity contribution >= 4 is 21.9 Å². The first kappa shape index (κ1) is 16.6. The fourth-order valence-corrected chi connectivity index (χ4v) is 4.76. The third-order valence-corrected chi connectivity index (χ3v) is 6.14. The van der Waals surface area contributed by atoms with Crippen LogP contribution in [0.4, 0.5) is 0 Å². The Hall–Kier alpha value is -3.31. The maximum atomic E-state index is 5.68. The van der Waals surface area contributed by atoms with Crippen LogP contribution in [0.1, 0.15) is 28.9 Å². The number of hydrogen-bond donors (Lipinski definition) is 1. The number of nitrogens with zero attached hydrogens (tertiary/aromatic N) is 3. The molecule has 0 amide bonds. The molecule has 0 saturated carbocycles. The third-order valence-electron chi connectivity index (χ3n) is 6.14. The summed E-state index contributed by atoms with van der Waals surface area (Å²) in [7, 11) is 2.12. The van der Waals surface area contributed by atoms with E-state index in [9.17, 15) is 0 Å². The van der Waals surface area contributed by atoms with Gasteiger partial charge in [-0.25, -0.2) is 4.98 Å². The molecule has 0 aliphatic carbocycles. The van der Waals surface area contributed by atoms with Crippen molar-refractivity contribution in [2.24, 2.45) is 7.05 Å². The number of H-pyrrole nitrogens is 1. The molecular formula is C24H22N4O. The average molecular weight is 382 g/mol. The number of para-hydroxylation sites is 3. The molecule has 5 nitrogen and oxygen atoms in total. The molecule has 1 N–H and O–H groups in total. The molecule has 0 radical (unpaired) electrons. The minimum absolute atomic E-state index is 0.0497. The Bertz CT molecular complexity index is 1310. The lowest BCUT2D eigenvalue weighted by Gasteiger charge is -2.34. The maximum absolute atomic E-state index is 5.68. The number of hydrogen-bond acceptors (Lipinski definition) is 3. The van der Waals surface area contributed by atoms with Crippen LogP contribution in [0.5, 0.6) is 0 Å². The van der Waals surface area contributed by atoms with Crippen molar-refractivity contribution in [1.29, 1.82) is 0 Å². The summed E-state index contributed by atoms with van der Waals surface area (Å²) in [5.41, 5.74) is 6.05. The number of furan rings is 1. The smallest absolute Gasteiger partial charge is 0.133 e. The molecule has 5 heteroatoms. The Kier molecular flexibility index (Phi) is 3.64. The molecule has 6 rings (SSSR count). The van der Waals surface area contributed by atoms with Crippen LogP contribution in [-0.2, 0) is 20.0 Å². The number of aromatic amines is 1. The third kappa shape index (κ3) is 2.54. The van der Waals surface area contributed by atoms with Gasteiger partial charge in [0, 0.05) is 30.2 Å². The standard InChI is InChI=1S/C24H22N4O/c1-27-21-11-5-4-10-20(21)26-24(27)23-22-18(17-8-2-3-9-19(17)25-22)12-13-28(23)15-16-7-6-14-29-16/h2-11,14,23,25H,12-13,15H2,1H3/t23-/m1/s1. The van der Waals surface area contributed by atoms with Gasteiger partial charge in [-0.3, -0.25) is 4.90 Å². The van der Waals surface area contributed by atoms with E-state index >= 15 is 0 Å². The van der Waals surface area contributed by atoms with E-state index in [0.717, 1.165) is 42.1 Å². The summed E-state index contributed by atoms with van der Waals surface area (Å²) in [5, 5.41) is 1.32. The summed E-state index contributed by atoms with van der Waals surface area (Å²) in [5.74, 6) is 2.04. The number of aryl methyl sites for hydroxylation is 1. The average Bonchev–Trinajstić information content (AvgIpc) is 3.46. The van der Waals surface area contributed by atoms with Gasteiger partial charge in [0.05, 0.1) is 23.8 Å². The number of benzene rings is 2. The van der Waals surface area contributed by atoms with Crippen LogP contribution in [0.25, 0.3) is 21.9 Å². The molecule has 1 atom stereocenters. The van der Waals surface area contributed by atoms with Gasteiger partial charge in [0.1, 0.15) is 17.6 Å². The maximum Gasteiger partial charge on any atom is 0.133 e. The van der Waals surface area contributed by atoms with E-state index in [1.54, 1.807) is 6.26 Å². The normalized spacial score (nSPS) is 17.2. The largest absolute Gasteiger partial charge is 0.468 e. The molecule has 3 aromatic heterocycles. The van der Waals surface area contributed by atoms with Crippen molar-refractivity contribution in [3.63, 3.8) is 0 Å². The van der Waals surface area contributed by atoms with Crippen LogP contribution in [-0.4, -0.2) is 26.0 Å². The summed E-state index contributed by atoms with van der Waals surface area (Å²) in [4.78, 5) is 11.2. The molecule has 5 aromatic rings. The van der Waals surface area contributed by atoms with E-state index in [1.165, 1.54) is 22.2 Å². The summed E-state index contributed by atoms with van der Waals surface area (Å²) < 4.78 is 7.91. The predicted molar refractivity (Wildman–Crippen MR) is 114 cm³/mol. The van der Waals surface area contributed by atoms with Gasteiger partial charge < -0.3 is 14.0 Å². The zero-order chi connectivity index (χ0) is 19.4. The molecular weight excluding hydrogens is 360 g/mol. The van der Waals surface area contributed by atoms with E-state index in [2.05, 4.69) is 70.0 Å². The van der Waals surface area contributed by atoms with Crippen LogP contribution in [0.15, 0.2) is 71.3 Å². The van der Waals surface area contributed by atoms with Crippen molar-refractivity contribution in [1.82, 2.24) is 19.4 Å². The van der Waals surface area contributed by atoms with Crippen LogP contribution in [0.2, 0.25) is 0 Å². The van der Waals surface area contributed by atoms with E-state index in [1.807, 2.05) is 12.1 Å². The van der Waals surface area contributed by atoms with Gasteiger partial charge in [-0.15, -0.1) is 0 Å². The highest BCUT2D eigenvalue weighted by atomic mass is 16.3. The highest BCUT2D eigenvalue weighted by Gasteiger charge is 2.35. The van der Waals surface area contributed by atoms with Crippen LogP contribution in [0.3, 0.4) is 0 Å². The number of fused-ring (bicyclic) bond motifs is 4. The van der Waals surface area contributed by atoms with Crippen LogP contribution >= 0.6 is 0 Å². The summed E-state index contributed by atoms with van der Waals surface area (Å²) in [6.07, 6.45) is 2.76. The first-order chi connectivity index (χ1) is 14.3. The monoisotopic (exact) mass is 382 g/mol. The van der Waals surface area contributed by atoms with E-state index < -0.39 is 0 Å². The highest BCUT2D eigenvalue weighted by molar-refractivity contribution is 5.85. The topological polar surface area (TPSA) is 50.0 Å². The highest BCUT2D eigenvalue weighted by Crippen LogP contribution is 2.39. The molecule has 144 valence electrons. The molecule has 4 heterocycles. The first-order valence-corrected chi connectivity index (χ1v) is 10.1. The SMILES string of the molecule is Cn1c([C@H]2c3[nH]c4ccccc4c3CCN2Cc2ccco2)nc2ccccc21. The molecule has 0 spiro atoms. The minimum Gasteiger partial charge on any atom is -0.468 e. The predicted octanol–water partition coefficient (Wildman–Crippen LogP) is 4.80. The lowest BCUT2D eigenvalue weighted by Crippen LogP contribution is -2.36. The van der Waals surface area contributed by atoms with E-state index in [4.69, 9.17) is 9.40 Å². The van der Waals surface area contributed by atoms with Crippen molar-refractivity contribution in [3.8, 4) is 0 Å². The van der Waals surface area contributed by atoms with E-state index in [-0.39, 0.29) is 6.04 Å². The second kappa shape index (κ2) is 6.36. The summed E-state index contributed by atoms with van der Waals surface area (Å²) >= 11 is 0. The van der Waals surface area contributed by atoms with Gasteiger partial charge in [0.2, 0.25) is 0 Å². The number of rotatable bonds is 3. The van der Waals surface area contributed by atoms with E-state index in [0.29, 0.717) is 0 Å². The van der Waals surface area contributed by atoms with Crippen molar-refractivity contribution < 1.29 is 4.42 Å². The molecule has 29 heavy (non-hydrogen) atoms. The van der Waals surface area contributed by atoms with Crippen molar-refractivity contribution in [2.75, 3.05) is 6.54 Å². The molecule has 0 saturated heterocycles. The Balaban J connectivity index is 1.56. The van der Waals surface area contributed by atoms with Gasteiger partial charge in [-0.1, -0.05) is 30.3 Å². The van der Waals surface area contributed by atoms with Crippen molar-refractivity contribution in [2.45, 2.75) is 19.0 Å². The van der Waals surface area contributed by atoms with Gasteiger partial charge >= 0.3 is 0 Å². The fraction of sp³-hybridized carbons (Fsp3) is 0.208. The Morgan fingerprint density at radius 2 is 1.93 bits per heavy atom. The van der Waals surface area contributed by atoms with Gasteiger partial charge in [-0.05, 0) is 42.3 Å². The number of nitrogens with one attached hydrogen (secondary N) is 1. The molecule has 0 unspecified atom stereocenters. The zero-order valence-corrected chi connectivity index (χ0v) is 16.3. The van der Waals surface area contributed by atoms with Crippen molar-refractivity contribution in [3.05, 3.63) is 89.8 Å². The van der Waals surface area contributed by atoms with Gasteiger partial charge in [0.15, 0.2) is 0 Å². The quantitative estimate of drug-likeness (QED) is 0.488. The summed E-state index contributed by atoms with van der Waals surface area (Å²) in [6.45, 7) is 1.72. The Morgan fingerprint density at radius 1 is 1.07 bits per heavy atom. The molecule has 1 aliphatic rings. The summed E-state index contributed by atoms with van der Waals surface area (Å²) in [6, 6.07) is 21.0. The molecule has 1 aliphatic heterocycles. The molecule has 0 fully saturated rings. The second-order valence-electron chi connectivity index (χ2n) is 7.78. The first-order valence-electron chi connectivity index (χ1n) is 10.1. The van der Waals surface area contributed by atoms with Crippen LogP contribution < -0.4 is 0 Å². The number of aromatic nitrogens is 3. The molecule has 2 aromatic carbocycles. The Labute approximate surface area is 168 Å². The lowest BCUT2D eigenvalue weighted by molar-refractivity contribution is 0.178. The van der Waals surface area contributed by atoms with Gasteiger partial charge in [0.25, 0.3) is 0 Å². The van der Waals surface area contributed by atoms with Gasteiger partial charge in [-0.2, -0.15) is 0 Å². The fourth-order valence-electron chi connectivity index (χ4n) is 4.76. The lowest BCUT2D eigenvalue weighted by atomic mass is 9.96. The van der Waals surface area contributed by atoms with Crippen LogP contribution in [0, 0.1) is 0 Å². The zero-order valence-electron chi connectivity index (χ0n) is 16.3. The second-order valence-corrected chi connectivity index (χ2v) is 7.78. The number of imidazole rings is 1. The Morgan fingerprint density at radius 3 is 2.79 bits per heavy atom.